The van der Waals surface area contributed by atoms with Crippen LogP contribution in [0.2, 0.25) is 0 Å². The monoisotopic (exact) mass is 230 g/mol. The zero-order valence-corrected chi connectivity index (χ0v) is 11.2. The fourth-order valence-electron chi connectivity index (χ4n) is 1.35. The van der Waals surface area contributed by atoms with Crippen molar-refractivity contribution in [1.82, 2.24) is 5.32 Å². The van der Waals surface area contributed by atoms with Crippen molar-refractivity contribution in [2.45, 2.75) is 46.6 Å². The van der Waals surface area contributed by atoms with Gasteiger partial charge in [0.25, 0.3) is 0 Å². The van der Waals surface area contributed by atoms with Gasteiger partial charge in [0.2, 0.25) is 5.91 Å². The molecule has 0 bridgehead atoms. The van der Waals surface area contributed by atoms with E-state index in [4.69, 9.17) is 10.5 Å². The van der Waals surface area contributed by atoms with Crippen LogP contribution in [0.3, 0.4) is 0 Å². The summed E-state index contributed by atoms with van der Waals surface area (Å²) in [5.41, 5.74) is 4.83. The average molecular weight is 230 g/mol. The Labute approximate surface area is 98.9 Å². The summed E-state index contributed by atoms with van der Waals surface area (Å²) >= 11 is 0. The number of ether oxygens (including phenoxy) is 1. The van der Waals surface area contributed by atoms with Crippen LogP contribution in [0.1, 0.15) is 41.0 Å². The molecule has 0 rings (SSSR count). The second kappa shape index (κ2) is 6.21. The third-order valence-electron chi connectivity index (χ3n) is 2.99. The molecule has 16 heavy (non-hydrogen) atoms. The Morgan fingerprint density at radius 1 is 1.31 bits per heavy atom. The van der Waals surface area contributed by atoms with E-state index < -0.39 is 5.41 Å². The maximum Gasteiger partial charge on any atom is 0.227 e. The van der Waals surface area contributed by atoms with Crippen molar-refractivity contribution in [3.8, 4) is 0 Å². The minimum absolute atomic E-state index is 0.00489. The molecular weight excluding hydrogens is 204 g/mol. The third kappa shape index (κ3) is 4.49. The van der Waals surface area contributed by atoms with E-state index in [2.05, 4.69) is 5.32 Å². The maximum absolute atomic E-state index is 11.9. The highest BCUT2D eigenvalue weighted by Crippen LogP contribution is 2.19. The number of amides is 1. The molecule has 1 unspecified atom stereocenters. The fraction of sp³-hybridized carbons (Fsp3) is 0.917. The highest BCUT2D eigenvalue weighted by Gasteiger charge is 2.30. The molecule has 1 atom stereocenters. The molecule has 0 aliphatic carbocycles. The van der Waals surface area contributed by atoms with E-state index in [1.165, 1.54) is 0 Å². The van der Waals surface area contributed by atoms with Crippen LogP contribution in [0.15, 0.2) is 0 Å². The smallest absolute Gasteiger partial charge is 0.227 e. The molecule has 96 valence electrons. The molecule has 4 nitrogen and oxygen atoms in total. The molecule has 0 aromatic rings. The molecule has 0 spiro atoms. The summed E-state index contributed by atoms with van der Waals surface area (Å²) in [6.45, 7) is 11.2. The first-order chi connectivity index (χ1) is 7.31. The van der Waals surface area contributed by atoms with Gasteiger partial charge in [-0.3, -0.25) is 4.79 Å². The molecule has 0 fully saturated rings. The van der Waals surface area contributed by atoms with Gasteiger partial charge in [0, 0.05) is 19.7 Å². The lowest BCUT2D eigenvalue weighted by atomic mass is 9.86. The quantitative estimate of drug-likeness (QED) is 0.692. The Morgan fingerprint density at radius 2 is 1.88 bits per heavy atom. The summed E-state index contributed by atoms with van der Waals surface area (Å²) in [5, 5.41) is 2.91. The van der Waals surface area contributed by atoms with Gasteiger partial charge in [0.15, 0.2) is 0 Å². The van der Waals surface area contributed by atoms with Crippen molar-refractivity contribution in [2.24, 2.45) is 11.1 Å². The van der Waals surface area contributed by atoms with E-state index in [9.17, 15) is 4.79 Å². The largest absolute Gasteiger partial charge is 0.374 e. The van der Waals surface area contributed by atoms with Crippen LogP contribution in [0.25, 0.3) is 0 Å². The minimum Gasteiger partial charge on any atom is -0.374 e. The Morgan fingerprint density at radius 3 is 2.25 bits per heavy atom. The predicted octanol–water partition coefficient (Wildman–Crippen LogP) is 1.29. The van der Waals surface area contributed by atoms with Gasteiger partial charge >= 0.3 is 0 Å². The Bertz CT molecular complexity index is 223. The van der Waals surface area contributed by atoms with Gasteiger partial charge in [0.1, 0.15) is 0 Å². The Kier molecular flexibility index (Phi) is 5.97. The zero-order chi connectivity index (χ0) is 12.8. The van der Waals surface area contributed by atoms with Gasteiger partial charge in [0.05, 0.1) is 11.0 Å². The summed E-state index contributed by atoms with van der Waals surface area (Å²) in [5.74, 6) is 0.00489. The number of hydrogen-bond donors (Lipinski definition) is 2. The summed E-state index contributed by atoms with van der Waals surface area (Å²) in [6, 6.07) is 0. The molecule has 0 heterocycles. The number of hydrogen-bond acceptors (Lipinski definition) is 3. The molecule has 0 aliphatic rings. The minimum atomic E-state index is -0.470. The van der Waals surface area contributed by atoms with E-state index >= 15 is 0 Å². The van der Waals surface area contributed by atoms with E-state index in [1.807, 2.05) is 34.6 Å². The van der Waals surface area contributed by atoms with E-state index in [0.717, 1.165) is 6.42 Å². The zero-order valence-electron chi connectivity index (χ0n) is 11.2. The number of carbonyl (C=O) groups is 1. The first kappa shape index (κ1) is 15.4. The van der Waals surface area contributed by atoms with Crippen molar-refractivity contribution >= 4 is 5.91 Å². The van der Waals surface area contributed by atoms with Crippen molar-refractivity contribution < 1.29 is 9.53 Å². The van der Waals surface area contributed by atoms with Crippen LogP contribution in [0.4, 0.5) is 0 Å². The summed E-state index contributed by atoms with van der Waals surface area (Å²) in [6.07, 6.45) is 0.740. The highest BCUT2D eigenvalue weighted by atomic mass is 16.5. The first-order valence-corrected chi connectivity index (χ1v) is 5.93. The van der Waals surface area contributed by atoms with E-state index in [0.29, 0.717) is 19.7 Å². The predicted molar refractivity (Wildman–Crippen MR) is 66.2 cm³/mol. The fourth-order valence-corrected chi connectivity index (χ4v) is 1.35. The molecule has 0 aromatic carbocycles. The third-order valence-corrected chi connectivity index (χ3v) is 2.99. The molecule has 0 saturated carbocycles. The SMILES string of the molecule is CCOC(C)(C)CNC(=O)C(C)(CC)CN. The van der Waals surface area contributed by atoms with Crippen LogP contribution in [-0.2, 0) is 9.53 Å². The van der Waals surface area contributed by atoms with Crippen LogP contribution < -0.4 is 11.1 Å². The molecule has 0 saturated heterocycles. The number of rotatable bonds is 7. The second-order valence-corrected chi connectivity index (χ2v) is 4.99. The topological polar surface area (TPSA) is 64.3 Å². The van der Waals surface area contributed by atoms with Crippen LogP contribution in [0, 0.1) is 5.41 Å². The first-order valence-electron chi connectivity index (χ1n) is 5.93. The van der Waals surface area contributed by atoms with Gasteiger partial charge in [-0.25, -0.2) is 0 Å². The van der Waals surface area contributed by atoms with Crippen molar-refractivity contribution in [1.29, 1.82) is 0 Å². The van der Waals surface area contributed by atoms with Gasteiger partial charge in [-0.1, -0.05) is 6.92 Å². The summed E-state index contributed by atoms with van der Waals surface area (Å²) in [7, 11) is 0. The molecular formula is C12H26N2O2. The van der Waals surface area contributed by atoms with Crippen LogP contribution in [-0.4, -0.2) is 31.2 Å². The molecule has 4 heteroatoms. The van der Waals surface area contributed by atoms with Crippen molar-refractivity contribution in [3.63, 3.8) is 0 Å². The molecule has 0 radical (unpaired) electrons. The number of nitrogens with one attached hydrogen (secondary N) is 1. The van der Waals surface area contributed by atoms with Crippen LogP contribution in [0.5, 0.6) is 0 Å². The van der Waals surface area contributed by atoms with Gasteiger partial charge < -0.3 is 15.8 Å². The van der Waals surface area contributed by atoms with E-state index in [-0.39, 0.29) is 11.5 Å². The van der Waals surface area contributed by atoms with Gasteiger partial charge in [-0.15, -0.1) is 0 Å². The molecule has 0 aliphatic heterocycles. The maximum atomic E-state index is 11.9. The number of carbonyl (C=O) groups excluding carboxylic acids is 1. The average Bonchev–Trinajstić information content (AvgIpc) is 2.24. The number of nitrogens with two attached hydrogens (primary N) is 1. The van der Waals surface area contributed by atoms with Crippen molar-refractivity contribution in [2.75, 3.05) is 19.7 Å². The standard InChI is InChI=1S/C12H26N2O2/c1-6-12(5,8-13)10(15)14-9-11(3,4)16-7-2/h6-9,13H2,1-5H3,(H,14,15). The van der Waals surface area contributed by atoms with E-state index in [1.54, 1.807) is 0 Å². The summed E-state index contributed by atoms with van der Waals surface area (Å²) in [4.78, 5) is 11.9. The van der Waals surface area contributed by atoms with Gasteiger partial charge in [-0.2, -0.15) is 0 Å². The van der Waals surface area contributed by atoms with Crippen molar-refractivity contribution in [3.05, 3.63) is 0 Å². The molecule has 3 N–H and O–H groups in total. The van der Waals surface area contributed by atoms with Crippen LogP contribution >= 0.6 is 0 Å². The normalized spacial score (nSPS) is 15.6. The lowest BCUT2D eigenvalue weighted by Gasteiger charge is -2.29. The summed E-state index contributed by atoms with van der Waals surface area (Å²) < 4.78 is 5.51. The lowest BCUT2D eigenvalue weighted by Crippen LogP contribution is -2.48. The lowest BCUT2D eigenvalue weighted by molar-refractivity contribution is -0.131. The van der Waals surface area contributed by atoms with Gasteiger partial charge in [-0.05, 0) is 34.1 Å². The Balaban J connectivity index is 4.26. The molecule has 0 aromatic heterocycles. The molecule has 1 amide bonds. The second-order valence-electron chi connectivity index (χ2n) is 4.99. The Hall–Kier alpha value is -0.610. The highest BCUT2D eigenvalue weighted by molar-refractivity contribution is 5.82.